The van der Waals surface area contributed by atoms with E-state index in [4.69, 9.17) is 4.74 Å². The van der Waals surface area contributed by atoms with Crippen LogP contribution in [0, 0.1) is 34.5 Å². The number of hydrogen-bond donors (Lipinski definition) is 2. The molecule has 4 saturated carbocycles. The molecule has 1 unspecified atom stereocenters. The lowest BCUT2D eigenvalue weighted by molar-refractivity contribution is -0.112. The first-order chi connectivity index (χ1) is 13.5. The van der Waals surface area contributed by atoms with E-state index < -0.39 is 5.91 Å². The number of para-hydroxylation sites is 2. The van der Waals surface area contributed by atoms with Gasteiger partial charge in [-0.1, -0.05) is 12.1 Å². The van der Waals surface area contributed by atoms with E-state index in [1.807, 2.05) is 18.2 Å². The van der Waals surface area contributed by atoms with Crippen molar-refractivity contribution in [2.45, 2.75) is 51.5 Å². The molecule has 4 fully saturated rings. The van der Waals surface area contributed by atoms with Crippen LogP contribution >= 0.6 is 0 Å². The third-order valence-electron chi connectivity index (χ3n) is 7.20. The van der Waals surface area contributed by atoms with Crippen molar-refractivity contribution in [3.8, 4) is 11.8 Å². The third kappa shape index (κ3) is 3.48. The lowest BCUT2D eigenvalue weighted by Gasteiger charge is -2.59. The van der Waals surface area contributed by atoms with Crippen molar-refractivity contribution in [1.29, 1.82) is 5.26 Å². The number of rotatable bonds is 6. The Kier molecular flexibility index (Phi) is 5.05. The van der Waals surface area contributed by atoms with Gasteiger partial charge in [-0.3, -0.25) is 4.79 Å². The van der Waals surface area contributed by atoms with Gasteiger partial charge in [-0.25, -0.2) is 0 Å². The van der Waals surface area contributed by atoms with Crippen molar-refractivity contribution in [2.24, 2.45) is 23.2 Å². The molecular formula is C23H29N3O2. The summed E-state index contributed by atoms with van der Waals surface area (Å²) >= 11 is 0. The quantitative estimate of drug-likeness (QED) is 0.573. The lowest BCUT2D eigenvalue weighted by atomic mass is 9.48. The molecule has 0 saturated heterocycles. The van der Waals surface area contributed by atoms with Crippen LogP contribution in [-0.2, 0) is 4.79 Å². The molecular weight excluding hydrogens is 350 g/mol. The summed E-state index contributed by atoms with van der Waals surface area (Å²) in [5, 5.41) is 15.7. The zero-order valence-electron chi connectivity index (χ0n) is 16.7. The first-order valence-corrected chi connectivity index (χ1v) is 10.3. The van der Waals surface area contributed by atoms with Crippen LogP contribution in [0.2, 0.25) is 0 Å². The molecule has 1 amide bonds. The fourth-order valence-corrected chi connectivity index (χ4v) is 6.18. The van der Waals surface area contributed by atoms with E-state index in [2.05, 4.69) is 17.6 Å². The molecule has 0 heterocycles. The summed E-state index contributed by atoms with van der Waals surface area (Å²) in [7, 11) is 1.56. The van der Waals surface area contributed by atoms with E-state index in [0.29, 0.717) is 16.9 Å². The number of benzene rings is 1. The number of anilines is 1. The zero-order chi connectivity index (χ0) is 19.7. The maximum atomic E-state index is 12.6. The molecule has 2 N–H and O–H groups in total. The zero-order valence-corrected chi connectivity index (χ0v) is 16.7. The molecule has 5 nitrogen and oxygen atoms in total. The largest absolute Gasteiger partial charge is 0.495 e. The normalized spacial score (nSPS) is 31.8. The van der Waals surface area contributed by atoms with Crippen LogP contribution in [0.1, 0.15) is 45.4 Å². The van der Waals surface area contributed by atoms with Crippen LogP contribution in [0.25, 0.3) is 0 Å². The predicted octanol–water partition coefficient (Wildman–Crippen LogP) is 4.24. The van der Waals surface area contributed by atoms with Crippen molar-refractivity contribution in [3.05, 3.63) is 36.0 Å². The molecule has 4 aliphatic carbocycles. The average molecular weight is 380 g/mol. The number of nitrogens with zero attached hydrogens (tertiary/aromatic N) is 1. The smallest absolute Gasteiger partial charge is 0.267 e. The van der Waals surface area contributed by atoms with E-state index in [-0.39, 0.29) is 11.6 Å². The lowest BCUT2D eigenvalue weighted by Crippen LogP contribution is -2.54. The SMILES string of the molecule is COc1ccccc1NC(=O)/C(C#N)=C\NC(C)C12CC3CC(CC(C3)C1)C2. The Hall–Kier alpha value is -2.48. The van der Waals surface area contributed by atoms with Gasteiger partial charge in [0, 0.05) is 12.2 Å². The predicted molar refractivity (Wildman–Crippen MR) is 109 cm³/mol. The molecule has 0 aliphatic heterocycles. The summed E-state index contributed by atoms with van der Waals surface area (Å²) < 4.78 is 5.26. The third-order valence-corrected chi connectivity index (χ3v) is 7.20. The summed E-state index contributed by atoms with van der Waals surface area (Å²) in [5.41, 5.74) is 0.970. The molecule has 1 aromatic rings. The Bertz CT molecular complexity index is 788. The van der Waals surface area contributed by atoms with Gasteiger partial charge in [-0.2, -0.15) is 5.26 Å². The van der Waals surface area contributed by atoms with Gasteiger partial charge < -0.3 is 15.4 Å². The van der Waals surface area contributed by atoms with E-state index in [1.165, 1.54) is 38.5 Å². The summed E-state index contributed by atoms with van der Waals surface area (Å²) in [5.74, 6) is 2.79. The topological polar surface area (TPSA) is 74.1 Å². The van der Waals surface area contributed by atoms with Crippen LogP contribution in [0.3, 0.4) is 0 Å². The number of carbonyl (C=O) groups excluding carboxylic acids is 1. The molecule has 1 aromatic carbocycles. The number of methoxy groups -OCH3 is 1. The number of amides is 1. The standard InChI is InChI=1S/C23H29N3O2/c1-15(23-10-16-7-17(11-23)9-18(8-16)12-23)25-14-19(13-24)22(27)26-20-5-3-4-6-21(20)28-2/h3-6,14-18,25H,7-12H2,1-2H3,(H,26,27)/b19-14-. The minimum atomic E-state index is -0.419. The summed E-state index contributed by atoms with van der Waals surface area (Å²) in [4.78, 5) is 12.6. The highest BCUT2D eigenvalue weighted by atomic mass is 16.5. The molecule has 0 aromatic heterocycles. The molecule has 4 bridgehead atoms. The second-order valence-electron chi connectivity index (χ2n) is 8.99. The van der Waals surface area contributed by atoms with E-state index >= 15 is 0 Å². The molecule has 0 radical (unpaired) electrons. The maximum absolute atomic E-state index is 12.6. The first-order valence-electron chi connectivity index (χ1n) is 10.3. The molecule has 28 heavy (non-hydrogen) atoms. The Balaban J connectivity index is 1.44. The fraction of sp³-hybridized carbons (Fsp3) is 0.565. The van der Waals surface area contributed by atoms with Gasteiger partial charge >= 0.3 is 0 Å². The van der Waals surface area contributed by atoms with E-state index in [9.17, 15) is 10.1 Å². The molecule has 0 spiro atoms. The van der Waals surface area contributed by atoms with Crippen LogP contribution in [-0.4, -0.2) is 19.1 Å². The molecule has 1 atom stereocenters. The van der Waals surface area contributed by atoms with Crippen molar-refractivity contribution < 1.29 is 9.53 Å². The fourth-order valence-electron chi connectivity index (χ4n) is 6.18. The summed E-state index contributed by atoms with van der Waals surface area (Å²) in [6.07, 6.45) is 9.70. The Morgan fingerprint density at radius 3 is 2.39 bits per heavy atom. The molecule has 5 heteroatoms. The summed E-state index contributed by atoms with van der Waals surface area (Å²) in [6.45, 7) is 2.22. The molecule has 148 valence electrons. The average Bonchev–Trinajstić information content (AvgIpc) is 2.67. The maximum Gasteiger partial charge on any atom is 0.267 e. The Labute approximate surface area is 167 Å². The second kappa shape index (κ2) is 7.50. The highest BCUT2D eigenvalue weighted by molar-refractivity contribution is 6.07. The van der Waals surface area contributed by atoms with Crippen molar-refractivity contribution in [3.63, 3.8) is 0 Å². The van der Waals surface area contributed by atoms with Gasteiger partial charge in [-0.05, 0) is 80.8 Å². The van der Waals surface area contributed by atoms with Gasteiger partial charge in [0.25, 0.3) is 5.91 Å². The molecule has 5 rings (SSSR count). The van der Waals surface area contributed by atoms with Crippen LogP contribution < -0.4 is 15.4 Å². The Morgan fingerprint density at radius 2 is 1.82 bits per heavy atom. The van der Waals surface area contributed by atoms with Gasteiger partial charge in [0.2, 0.25) is 0 Å². The number of carbonyl (C=O) groups is 1. The number of nitriles is 1. The van der Waals surface area contributed by atoms with Crippen molar-refractivity contribution in [2.75, 3.05) is 12.4 Å². The van der Waals surface area contributed by atoms with Crippen LogP contribution in [0.15, 0.2) is 36.0 Å². The number of hydrogen-bond acceptors (Lipinski definition) is 4. The minimum absolute atomic E-state index is 0.0856. The van der Waals surface area contributed by atoms with Gasteiger partial charge in [0.05, 0.1) is 12.8 Å². The molecule has 4 aliphatic rings. The first kappa shape index (κ1) is 18.9. The minimum Gasteiger partial charge on any atom is -0.495 e. The van der Waals surface area contributed by atoms with Crippen LogP contribution in [0.5, 0.6) is 5.75 Å². The highest BCUT2D eigenvalue weighted by Gasteiger charge is 2.53. The van der Waals surface area contributed by atoms with Gasteiger partial charge in [0.15, 0.2) is 0 Å². The van der Waals surface area contributed by atoms with Crippen molar-refractivity contribution >= 4 is 11.6 Å². The van der Waals surface area contributed by atoms with Gasteiger partial charge in [0.1, 0.15) is 17.4 Å². The van der Waals surface area contributed by atoms with E-state index in [1.54, 1.807) is 25.4 Å². The number of ether oxygens (including phenoxy) is 1. The second-order valence-corrected chi connectivity index (χ2v) is 8.99. The van der Waals surface area contributed by atoms with Gasteiger partial charge in [-0.15, -0.1) is 0 Å². The van der Waals surface area contributed by atoms with Crippen LogP contribution in [0.4, 0.5) is 5.69 Å². The monoisotopic (exact) mass is 379 g/mol. The van der Waals surface area contributed by atoms with Crippen molar-refractivity contribution in [1.82, 2.24) is 5.32 Å². The van der Waals surface area contributed by atoms with E-state index in [0.717, 1.165) is 17.8 Å². The highest BCUT2D eigenvalue weighted by Crippen LogP contribution is 2.61. The summed E-state index contributed by atoms with van der Waals surface area (Å²) in [6, 6.07) is 9.50. The Morgan fingerprint density at radius 1 is 1.21 bits per heavy atom. The number of nitrogens with one attached hydrogen (secondary N) is 2.